The molecule has 2 aromatic carbocycles. The highest BCUT2D eigenvalue weighted by molar-refractivity contribution is 5.60. The average molecular weight is 308 g/mol. The maximum absolute atomic E-state index is 5.39. The second-order valence-electron chi connectivity index (χ2n) is 6.48. The summed E-state index contributed by atoms with van der Waals surface area (Å²) in [5, 5.41) is 4.06. The zero-order chi connectivity index (χ0) is 16.4. The molecule has 0 N–H and O–H groups in total. The van der Waals surface area contributed by atoms with Crippen molar-refractivity contribution >= 4 is 0 Å². The van der Waals surface area contributed by atoms with Gasteiger partial charge in [-0.05, 0) is 47.4 Å². The minimum absolute atomic E-state index is 0.127. The molecule has 0 aliphatic heterocycles. The second-order valence-corrected chi connectivity index (χ2v) is 6.48. The van der Waals surface area contributed by atoms with Gasteiger partial charge in [0.2, 0.25) is 5.82 Å². The number of methoxy groups -OCH3 is 1. The fourth-order valence-corrected chi connectivity index (χ4v) is 2.31. The van der Waals surface area contributed by atoms with Crippen LogP contribution in [0.4, 0.5) is 0 Å². The lowest BCUT2D eigenvalue weighted by molar-refractivity contribution is 0.415. The molecule has 3 aromatic rings. The van der Waals surface area contributed by atoms with E-state index in [1.165, 1.54) is 5.56 Å². The molecule has 0 bridgehead atoms. The first kappa shape index (κ1) is 15.3. The fraction of sp³-hybridized carbons (Fsp3) is 0.263. The SMILES string of the molecule is COc1ccc(-c2noc(-c3ccc(C(C)(C)C)cc3)n2)cc1. The quantitative estimate of drug-likeness (QED) is 0.703. The molecule has 0 aliphatic carbocycles. The van der Waals surface area contributed by atoms with Crippen LogP contribution in [0.1, 0.15) is 26.3 Å². The smallest absolute Gasteiger partial charge is 0.258 e. The summed E-state index contributed by atoms with van der Waals surface area (Å²) in [5.41, 5.74) is 3.22. The lowest BCUT2D eigenvalue weighted by Crippen LogP contribution is -2.10. The van der Waals surface area contributed by atoms with E-state index in [1.54, 1.807) is 7.11 Å². The molecule has 4 heteroatoms. The van der Waals surface area contributed by atoms with E-state index in [0.29, 0.717) is 11.7 Å². The van der Waals surface area contributed by atoms with Crippen molar-refractivity contribution in [2.24, 2.45) is 0 Å². The van der Waals surface area contributed by atoms with Crippen LogP contribution in [0, 0.1) is 0 Å². The topological polar surface area (TPSA) is 48.2 Å². The molecule has 0 saturated carbocycles. The number of rotatable bonds is 3. The van der Waals surface area contributed by atoms with Crippen LogP contribution in [0.2, 0.25) is 0 Å². The van der Waals surface area contributed by atoms with E-state index in [0.717, 1.165) is 16.9 Å². The van der Waals surface area contributed by atoms with Gasteiger partial charge in [-0.2, -0.15) is 4.98 Å². The van der Waals surface area contributed by atoms with Gasteiger partial charge in [-0.1, -0.05) is 38.1 Å². The lowest BCUT2D eigenvalue weighted by atomic mass is 9.87. The zero-order valence-electron chi connectivity index (χ0n) is 13.8. The van der Waals surface area contributed by atoms with Crippen LogP contribution in [0.3, 0.4) is 0 Å². The number of nitrogens with zero attached hydrogens (tertiary/aromatic N) is 2. The van der Waals surface area contributed by atoms with Crippen molar-refractivity contribution < 1.29 is 9.26 Å². The largest absolute Gasteiger partial charge is 0.497 e. The van der Waals surface area contributed by atoms with Crippen LogP contribution in [0.15, 0.2) is 53.1 Å². The molecule has 0 spiro atoms. The van der Waals surface area contributed by atoms with E-state index < -0.39 is 0 Å². The standard InChI is InChI=1S/C19H20N2O2/c1-19(2,3)15-9-5-14(6-10-15)18-20-17(21-23-18)13-7-11-16(22-4)12-8-13/h5-12H,1-4H3. The van der Waals surface area contributed by atoms with Crippen LogP contribution < -0.4 is 4.74 Å². The molecule has 0 radical (unpaired) electrons. The molecule has 4 nitrogen and oxygen atoms in total. The van der Waals surface area contributed by atoms with Gasteiger partial charge in [-0.15, -0.1) is 0 Å². The Balaban J connectivity index is 1.86. The number of hydrogen-bond donors (Lipinski definition) is 0. The zero-order valence-corrected chi connectivity index (χ0v) is 13.8. The van der Waals surface area contributed by atoms with Crippen molar-refractivity contribution in [3.63, 3.8) is 0 Å². The van der Waals surface area contributed by atoms with Gasteiger partial charge >= 0.3 is 0 Å². The van der Waals surface area contributed by atoms with E-state index in [2.05, 4.69) is 43.0 Å². The number of aromatic nitrogens is 2. The van der Waals surface area contributed by atoms with E-state index in [-0.39, 0.29) is 5.41 Å². The third kappa shape index (κ3) is 3.26. The van der Waals surface area contributed by atoms with Crippen molar-refractivity contribution in [1.29, 1.82) is 0 Å². The molecule has 3 rings (SSSR count). The van der Waals surface area contributed by atoms with E-state index >= 15 is 0 Å². The lowest BCUT2D eigenvalue weighted by Gasteiger charge is -2.18. The summed E-state index contributed by atoms with van der Waals surface area (Å²) < 4.78 is 10.5. The summed E-state index contributed by atoms with van der Waals surface area (Å²) in [6.45, 7) is 6.57. The monoisotopic (exact) mass is 308 g/mol. The minimum atomic E-state index is 0.127. The summed E-state index contributed by atoms with van der Waals surface area (Å²) in [7, 11) is 1.64. The van der Waals surface area contributed by atoms with Crippen LogP contribution in [-0.2, 0) is 5.41 Å². The summed E-state index contributed by atoms with van der Waals surface area (Å²) in [5.74, 6) is 1.90. The summed E-state index contributed by atoms with van der Waals surface area (Å²) in [6, 6.07) is 15.8. The Morgan fingerprint density at radius 2 is 1.48 bits per heavy atom. The Bertz CT molecular complexity index is 781. The molecule has 0 unspecified atom stereocenters. The Kier molecular flexibility index (Phi) is 3.90. The predicted octanol–water partition coefficient (Wildman–Crippen LogP) is 4.71. The van der Waals surface area contributed by atoms with Gasteiger partial charge in [0.1, 0.15) is 5.75 Å². The van der Waals surface area contributed by atoms with E-state index in [4.69, 9.17) is 9.26 Å². The van der Waals surface area contributed by atoms with Gasteiger partial charge in [0, 0.05) is 11.1 Å². The molecule has 1 heterocycles. The van der Waals surface area contributed by atoms with E-state index in [1.807, 2.05) is 36.4 Å². The minimum Gasteiger partial charge on any atom is -0.497 e. The number of ether oxygens (including phenoxy) is 1. The molecule has 0 saturated heterocycles. The van der Waals surface area contributed by atoms with Gasteiger partial charge in [-0.25, -0.2) is 0 Å². The Morgan fingerprint density at radius 3 is 2.04 bits per heavy atom. The summed E-state index contributed by atoms with van der Waals surface area (Å²) in [4.78, 5) is 4.48. The third-order valence-electron chi connectivity index (χ3n) is 3.77. The maximum atomic E-state index is 5.39. The molecular formula is C19H20N2O2. The number of hydrogen-bond acceptors (Lipinski definition) is 4. The first-order valence-electron chi connectivity index (χ1n) is 7.56. The highest BCUT2D eigenvalue weighted by Gasteiger charge is 2.15. The van der Waals surface area contributed by atoms with Gasteiger partial charge in [-0.3, -0.25) is 0 Å². The van der Waals surface area contributed by atoms with Crippen molar-refractivity contribution in [2.75, 3.05) is 7.11 Å². The van der Waals surface area contributed by atoms with E-state index in [9.17, 15) is 0 Å². The molecule has 23 heavy (non-hydrogen) atoms. The highest BCUT2D eigenvalue weighted by Crippen LogP contribution is 2.27. The van der Waals surface area contributed by atoms with Gasteiger partial charge < -0.3 is 9.26 Å². The van der Waals surface area contributed by atoms with Crippen molar-refractivity contribution in [3.8, 4) is 28.6 Å². The fourth-order valence-electron chi connectivity index (χ4n) is 2.31. The Hall–Kier alpha value is -2.62. The Morgan fingerprint density at radius 1 is 0.870 bits per heavy atom. The first-order chi connectivity index (χ1) is 11.0. The van der Waals surface area contributed by atoms with Crippen LogP contribution in [-0.4, -0.2) is 17.3 Å². The van der Waals surface area contributed by atoms with Crippen LogP contribution in [0.25, 0.3) is 22.8 Å². The van der Waals surface area contributed by atoms with Crippen LogP contribution >= 0.6 is 0 Å². The summed E-state index contributed by atoms with van der Waals surface area (Å²) in [6.07, 6.45) is 0. The van der Waals surface area contributed by atoms with Crippen molar-refractivity contribution in [2.45, 2.75) is 26.2 Å². The molecule has 0 fully saturated rings. The van der Waals surface area contributed by atoms with Crippen molar-refractivity contribution in [1.82, 2.24) is 10.1 Å². The Labute approximate surface area is 136 Å². The molecule has 0 amide bonds. The molecule has 1 aromatic heterocycles. The first-order valence-corrected chi connectivity index (χ1v) is 7.56. The maximum Gasteiger partial charge on any atom is 0.258 e. The molecule has 118 valence electrons. The van der Waals surface area contributed by atoms with Crippen molar-refractivity contribution in [3.05, 3.63) is 54.1 Å². The number of benzene rings is 2. The van der Waals surface area contributed by atoms with Gasteiger partial charge in [0.15, 0.2) is 0 Å². The normalized spacial score (nSPS) is 11.5. The molecule has 0 atom stereocenters. The second kappa shape index (κ2) is 5.88. The predicted molar refractivity (Wildman–Crippen MR) is 90.4 cm³/mol. The molecule has 0 aliphatic rings. The van der Waals surface area contributed by atoms with Gasteiger partial charge in [0.05, 0.1) is 7.11 Å². The summed E-state index contributed by atoms with van der Waals surface area (Å²) >= 11 is 0. The highest BCUT2D eigenvalue weighted by atomic mass is 16.5. The van der Waals surface area contributed by atoms with Crippen LogP contribution in [0.5, 0.6) is 5.75 Å². The van der Waals surface area contributed by atoms with Gasteiger partial charge in [0.25, 0.3) is 5.89 Å². The average Bonchev–Trinajstić information content (AvgIpc) is 3.04. The molecular weight excluding hydrogens is 288 g/mol. The third-order valence-corrected chi connectivity index (χ3v) is 3.77.